The van der Waals surface area contributed by atoms with Crippen LogP contribution in [0.5, 0.6) is 0 Å². The highest BCUT2D eigenvalue weighted by molar-refractivity contribution is 5.36. The van der Waals surface area contributed by atoms with Gasteiger partial charge in [-0.05, 0) is 29.5 Å². The molecule has 1 heterocycles. The van der Waals surface area contributed by atoms with E-state index >= 15 is 0 Å². The molecule has 0 fully saturated rings. The van der Waals surface area contributed by atoms with Crippen molar-refractivity contribution in [3.63, 3.8) is 0 Å². The molecule has 2 rings (SSSR count). The Kier molecular flexibility index (Phi) is 3.56. The number of nitrogens with one attached hydrogen (secondary N) is 1. The van der Waals surface area contributed by atoms with Crippen LogP contribution in [0.15, 0.2) is 35.1 Å². The molecule has 19 heavy (non-hydrogen) atoms. The molecular weight excluding hydrogens is 236 g/mol. The molecule has 0 spiro atoms. The lowest BCUT2D eigenvalue weighted by molar-refractivity contribution is 0.584. The summed E-state index contributed by atoms with van der Waals surface area (Å²) in [6, 6.07) is 10.2. The second-order valence-electron chi connectivity index (χ2n) is 5.95. The van der Waals surface area contributed by atoms with Crippen LogP contribution in [0.4, 0.5) is 0 Å². The average Bonchev–Trinajstić information content (AvgIpc) is 2.33. The molecule has 1 aromatic heterocycles. The van der Waals surface area contributed by atoms with Crippen LogP contribution in [-0.2, 0) is 11.8 Å². The second-order valence-corrected chi connectivity index (χ2v) is 5.95. The summed E-state index contributed by atoms with van der Waals surface area (Å²) in [7, 11) is 0. The molecule has 2 aromatic rings. The van der Waals surface area contributed by atoms with Crippen LogP contribution in [0.25, 0.3) is 0 Å². The van der Waals surface area contributed by atoms with Crippen molar-refractivity contribution in [2.45, 2.75) is 39.5 Å². The molecule has 1 N–H and O–H groups in total. The predicted octanol–water partition coefficient (Wildman–Crippen LogP) is 2.97. The molecule has 0 saturated carbocycles. The van der Waals surface area contributed by atoms with Gasteiger partial charge in [0.15, 0.2) is 0 Å². The first-order valence-electron chi connectivity index (χ1n) is 6.51. The van der Waals surface area contributed by atoms with E-state index in [2.05, 4.69) is 43.1 Å². The summed E-state index contributed by atoms with van der Waals surface area (Å²) >= 11 is 0. The van der Waals surface area contributed by atoms with E-state index in [1.165, 1.54) is 11.1 Å². The topological polar surface area (TPSA) is 45.8 Å². The lowest BCUT2D eigenvalue weighted by Gasteiger charge is -2.22. The van der Waals surface area contributed by atoms with E-state index in [0.29, 0.717) is 6.42 Å². The zero-order valence-electron chi connectivity index (χ0n) is 11.9. The number of nitrogens with zero attached hydrogens (tertiary/aromatic N) is 1. The normalized spacial score (nSPS) is 11.6. The smallest absolute Gasteiger partial charge is 0.267 e. The number of aryl methyl sites for hydroxylation is 1. The average molecular weight is 256 g/mol. The zero-order valence-corrected chi connectivity index (χ0v) is 11.9. The zero-order chi connectivity index (χ0) is 14.0. The summed E-state index contributed by atoms with van der Waals surface area (Å²) in [6.07, 6.45) is 0.645. The Bertz CT molecular complexity index is 636. The Labute approximate surface area is 113 Å². The van der Waals surface area contributed by atoms with Gasteiger partial charge in [0.25, 0.3) is 5.56 Å². The van der Waals surface area contributed by atoms with E-state index in [1.54, 1.807) is 0 Å². The largest absolute Gasteiger partial charge is 0.268 e. The van der Waals surface area contributed by atoms with E-state index in [1.807, 2.05) is 25.1 Å². The summed E-state index contributed by atoms with van der Waals surface area (Å²) in [5.74, 6) is 0. The monoisotopic (exact) mass is 256 g/mol. The van der Waals surface area contributed by atoms with Gasteiger partial charge in [-0.1, -0.05) is 45.0 Å². The highest BCUT2D eigenvalue weighted by Crippen LogP contribution is 2.26. The van der Waals surface area contributed by atoms with Crippen molar-refractivity contribution in [1.82, 2.24) is 10.2 Å². The molecule has 0 atom stereocenters. The summed E-state index contributed by atoms with van der Waals surface area (Å²) in [5.41, 5.74) is 4.06. The van der Waals surface area contributed by atoms with Crippen LogP contribution in [-0.4, -0.2) is 10.2 Å². The molecule has 0 saturated heterocycles. The number of hydrogen-bond acceptors (Lipinski definition) is 2. The molecule has 1 aromatic carbocycles. The first-order valence-corrected chi connectivity index (χ1v) is 6.51. The fraction of sp³-hybridized carbons (Fsp3) is 0.375. The van der Waals surface area contributed by atoms with Crippen LogP contribution in [0.3, 0.4) is 0 Å². The van der Waals surface area contributed by atoms with Gasteiger partial charge >= 0.3 is 0 Å². The van der Waals surface area contributed by atoms with Crippen molar-refractivity contribution in [2.75, 3.05) is 0 Å². The van der Waals surface area contributed by atoms with Crippen molar-refractivity contribution in [3.05, 3.63) is 63.1 Å². The number of benzene rings is 1. The third-order valence-corrected chi connectivity index (χ3v) is 3.21. The Hall–Kier alpha value is -1.90. The summed E-state index contributed by atoms with van der Waals surface area (Å²) in [6.45, 7) is 8.45. The number of aromatic nitrogens is 2. The van der Waals surface area contributed by atoms with Gasteiger partial charge in [0, 0.05) is 12.0 Å². The molecule has 0 radical (unpaired) electrons. The van der Waals surface area contributed by atoms with Crippen molar-refractivity contribution in [1.29, 1.82) is 0 Å². The molecule has 0 amide bonds. The number of aromatic amines is 1. The third kappa shape index (κ3) is 3.11. The van der Waals surface area contributed by atoms with E-state index in [-0.39, 0.29) is 11.0 Å². The fourth-order valence-corrected chi connectivity index (χ4v) is 2.30. The second kappa shape index (κ2) is 5.00. The van der Waals surface area contributed by atoms with Gasteiger partial charge in [-0.2, -0.15) is 5.10 Å². The summed E-state index contributed by atoms with van der Waals surface area (Å²) < 4.78 is 0. The number of hydrogen-bond donors (Lipinski definition) is 1. The molecule has 3 nitrogen and oxygen atoms in total. The standard InChI is InChI=1S/C16H20N2O/c1-11-9-13(15(19)18-17-11)10-12-7-5-6-8-14(12)16(2,3)4/h5-9H,10H2,1-4H3,(H,18,19). The van der Waals surface area contributed by atoms with Crippen LogP contribution in [0.2, 0.25) is 0 Å². The van der Waals surface area contributed by atoms with E-state index in [4.69, 9.17) is 0 Å². The number of H-pyrrole nitrogens is 1. The minimum atomic E-state index is -0.102. The fourth-order valence-electron chi connectivity index (χ4n) is 2.30. The van der Waals surface area contributed by atoms with Gasteiger partial charge in [-0.15, -0.1) is 0 Å². The maximum absolute atomic E-state index is 11.8. The van der Waals surface area contributed by atoms with E-state index in [9.17, 15) is 4.79 Å². The first kappa shape index (κ1) is 13.5. The lowest BCUT2D eigenvalue weighted by atomic mass is 9.82. The maximum Gasteiger partial charge on any atom is 0.267 e. The molecule has 3 heteroatoms. The Morgan fingerprint density at radius 3 is 2.53 bits per heavy atom. The van der Waals surface area contributed by atoms with Gasteiger partial charge in [0.2, 0.25) is 0 Å². The van der Waals surface area contributed by atoms with Crippen LogP contribution in [0, 0.1) is 6.92 Å². The van der Waals surface area contributed by atoms with Gasteiger partial charge in [-0.3, -0.25) is 4.79 Å². The number of rotatable bonds is 2. The van der Waals surface area contributed by atoms with Gasteiger partial charge < -0.3 is 0 Å². The SMILES string of the molecule is Cc1cc(Cc2ccccc2C(C)(C)C)c(=O)[nH]n1. The third-order valence-electron chi connectivity index (χ3n) is 3.21. The van der Waals surface area contributed by atoms with Crippen molar-refractivity contribution < 1.29 is 0 Å². The molecule has 0 aliphatic carbocycles. The van der Waals surface area contributed by atoms with E-state index in [0.717, 1.165) is 11.3 Å². The van der Waals surface area contributed by atoms with Crippen LogP contribution < -0.4 is 5.56 Å². The van der Waals surface area contributed by atoms with E-state index < -0.39 is 0 Å². The highest BCUT2D eigenvalue weighted by atomic mass is 16.1. The van der Waals surface area contributed by atoms with Gasteiger partial charge in [0.1, 0.15) is 0 Å². The Morgan fingerprint density at radius 2 is 1.84 bits per heavy atom. The quantitative estimate of drug-likeness (QED) is 0.898. The van der Waals surface area contributed by atoms with Gasteiger partial charge in [-0.25, -0.2) is 5.10 Å². The first-order chi connectivity index (χ1) is 8.88. The highest BCUT2D eigenvalue weighted by Gasteiger charge is 2.17. The Morgan fingerprint density at radius 1 is 1.16 bits per heavy atom. The summed E-state index contributed by atoms with van der Waals surface area (Å²) in [5, 5.41) is 6.46. The molecular formula is C16H20N2O. The van der Waals surface area contributed by atoms with Crippen LogP contribution >= 0.6 is 0 Å². The van der Waals surface area contributed by atoms with Crippen molar-refractivity contribution >= 4 is 0 Å². The molecule has 0 aliphatic rings. The van der Waals surface area contributed by atoms with Crippen molar-refractivity contribution in [2.24, 2.45) is 0 Å². The molecule has 0 aliphatic heterocycles. The predicted molar refractivity (Wildman–Crippen MR) is 77.5 cm³/mol. The summed E-state index contributed by atoms with van der Waals surface area (Å²) in [4.78, 5) is 11.8. The minimum Gasteiger partial charge on any atom is -0.268 e. The maximum atomic E-state index is 11.8. The van der Waals surface area contributed by atoms with Gasteiger partial charge in [0.05, 0.1) is 5.69 Å². The Balaban J connectivity index is 2.44. The minimum absolute atomic E-state index is 0.0748. The van der Waals surface area contributed by atoms with Crippen molar-refractivity contribution in [3.8, 4) is 0 Å². The molecule has 0 unspecified atom stereocenters. The molecule has 100 valence electrons. The molecule has 0 bridgehead atoms. The lowest BCUT2D eigenvalue weighted by Crippen LogP contribution is -2.18. The van der Waals surface area contributed by atoms with Crippen LogP contribution in [0.1, 0.15) is 43.2 Å².